The number of hydroxylamine groups is 1. The van der Waals surface area contributed by atoms with Gasteiger partial charge in [0, 0.05) is 60.7 Å². The van der Waals surface area contributed by atoms with Crippen LogP contribution >= 0.6 is 0 Å². The molecule has 2 aromatic rings. The number of nitrogens with zero attached hydrogens (tertiary/aromatic N) is 4. The van der Waals surface area contributed by atoms with Crippen molar-refractivity contribution in [3.8, 4) is 0 Å². The van der Waals surface area contributed by atoms with Crippen molar-refractivity contribution < 1.29 is 14.8 Å². The Bertz CT molecular complexity index is 1030. The number of fused-ring (bicyclic) bond motifs is 1. The summed E-state index contributed by atoms with van der Waals surface area (Å²) in [6.45, 7) is 9.89. The van der Waals surface area contributed by atoms with Gasteiger partial charge in [-0.05, 0) is 63.5 Å². The monoisotopic (exact) mass is 451 g/mol. The number of ketones is 1. The van der Waals surface area contributed by atoms with Gasteiger partial charge < -0.3 is 9.80 Å². The number of hydrogen-bond acceptors (Lipinski definition) is 7. The lowest BCUT2D eigenvalue weighted by Crippen LogP contribution is -2.45. The third-order valence-corrected chi connectivity index (χ3v) is 7.19. The average molecular weight is 452 g/mol. The summed E-state index contributed by atoms with van der Waals surface area (Å²) in [6.07, 6.45) is 4.64. The highest BCUT2D eigenvalue weighted by molar-refractivity contribution is 5.91. The van der Waals surface area contributed by atoms with Crippen LogP contribution in [-0.2, 0) is 24.2 Å². The first kappa shape index (κ1) is 23.3. The van der Waals surface area contributed by atoms with Gasteiger partial charge in [0.15, 0.2) is 0 Å². The second-order valence-electron chi connectivity index (χ2n) is 9.71. The summed E-state index contributed by atoms with van der Waals surface area (Å²) in [4.78, 5) is 38.4. The molecule has 176 valence electrons. The first-order valence-electron chi connectivity index (χ1n) is 11.7. The standard InChI is InChI=1S/C25H33N5O3/c1-17(2)29-12-8-25(3,9-13-29)23(31)15-19-14-20(6-10-26-19)30-11-7-21-18(16-30)4-5-22(27-21)24(32)28-33/h4-6,10,14,17,33H,7-9,11-13,15-16H2,1-3H3,(H,28,32). The van der Waals surface area contributed by atoms with Crippen molar-refractivity contribution in [2.75, 3.05) is 24.5 Å². The molecule has 0 unspecified atom stereocenters. The molecule has 0 spiro atoms. The van der Waals surface area contributed by atoms with Gasteiger partial charge in [-0.15, -0.1) is 0 Å². The first-order valence-corrected chi connectivity index (χ1v) is 11.7. The molecule has 0 radical (unpaired) electrons. The molecule has 4 rings (SSSR count). The van der Waals surface area contributed by atoms with Gasteiger partial charge in [-0.2, -0.15) is 0 Å². The van der Waals surface area contributed by atoms with Crippen molar-refractivity contribution in [1.82, 2.24) is 20.3 Å². The number of carbonyl (C=O) groups excluding carboxylic acids is 2. The summed E-state index contributed by atoms with van der Waals surface area (Å²) in [5.74, 6) is -0.328. The molecule has 2 aromatic heterocycles. The molecule has 2 aliphatic rings. The third-order valence-electron chi connectivity index (χ3n) is 7.19. The predicted molar refractivity (Wildman–Crippen MR) is 125 cm³/mol. The van der Waals surface area contributed by atoms with Crippen LogP contribution in [-0.4, -0.2) is 57.4 Å². The average Bonchev–Trinajstić information content (AvgIpc) is 2.83. The second kappa shape index (κ2) is 9.57. The van der Waals surface area contributed by atoms with Crippen molar-refractivity contribution in [3.05, 3.63) is 53.1 Å². The smallest absolute Gasteiger partial charge is 0.293 e. The van der Waals surface area contributed by atoms with Gasteiger partial charge in [0.25, 0.3) is 5.91 Å². The molecule has 0 aliphatic carbocycles. The Hall–Kier alpha value is -2.84. The van der Waals surface area contributed by atoms with E-state index in [9.17, 15) is 9.59 Å². The van der Waals surface area contributed by atoms with Gasteiger partial charge in [-0.25, -0.2) is 10.5 Å². The van der Waals surface area contributed by atoms with Crippen molar-refractivity contribution in [2.24, 2.45) is 5.41 Å². The Morgan fingerprint density at radius 2 is 1.94 bits per heavy atom. The zero-order valence-electron chi connectivity index (χ0n) is 19.7. The summed E-state index contributed by atoms with van der Waals surface area (Å²) in [5.41, 5.74) is 5.33. The van der Waals surface area contributed by atoms with Crippen molar-refractivity contribution in [3.63, 3.8) is 0 Å². The molecule has 33 heavy (non-hydrogen) atoms. The van der Waals surface area contributed by atoms with E-state index in [0.29, 0.717) is 25.4 Å². The molecule has 1 amide bonds. The highest BCUT2D eigenvalue weighted by atomic mass is 16.5. The number of pyridine rings is 2. The topological polar surface area (TPSA) is 98.7 Å². The number of nitrogens with one attached hydrogen (secondary N) is 1. The third kappa shape index (κ3) is 5.07. The van der Waals surface area contributed by atoms with Gasteiger partial charge in [0.1, 0.15) is 11.5 Å². The Morgan fingerprint density at radius 1 is 1.18 bits per heavy atom. The van der Waals surface area contributed by atoms with E-state index in [2.05, 4.69) is 40.5 Å². The van der Waals surface area contributed by atoms with E-state index in [1.54, 1.807) is 17.7 Å². The van der Waals surface area contributed by atoms with Crippen LogP contribution in [0.4, 0.5) is 5.69 Å². The van der Waals surface area contributed by atoms with Crippen LogP contribution in [0.1, 0.15) is 61.1 Å². The van der Waals surface area contributed by atoms with Crippen LogP contribution in [0.3, 0.4) is 0 Å². The zero-order valence-corrected chi connectivity index (χ0v) is 19.7. The molecule has 8 heteroatoms. The van der Waals surface area contributed by atoms with Crippen LogP contribution in [0.25, 0.3) is 0 Å². The van der Waals surface area contributed by atoms with Gasteiger partial charge in [-0.3, -0.25) is 19.8 Å². The number of anilines is 1. The number of piperidine rings is 1. The lowest BCUT2D eigenvalue weighted by Gasteiger charge is -2.40. The number of Topliss-reactive ketones (excluding diaryl/α,β-unsaturated/α-hetero) is 1. The Labute approximate surface area is 195 Å². The molecule has 0 aromatic carbocycles. The molecule has 0 bridgehead atoms. The van der Waals surface area contributed by atoms with Gasteiger partial charge >= 0.3 is 0 Å². The minimum atomic E-state index is -0.604. The van der Waals surface area contributed by atoms with Crippen molar-refractivity contribution in [2.45, 2.75) is 59.0 Å². The highest BCUT2D eigenvalue weighted by Crippen LogP contribution is 2.34. The van der Waals surface area contributed by atoms with Crippen LogP contribution < -0.4 is 10.4 Å². The summed E-state index contributed by atoms with van der Waals surface area (Å²) >= 11 is 0. The Kier molecular flexibility index (Phi) is 6.76. The molecule has 0 atom stereocenters. The molecular weight excluding hydrogens is 418 g/mol. The number of rotatable bonds is 6. The SMILES string of the molecule is CC(C)N1CCC(C)(C(=O)Cc2cc(N3CCc4nc(C(=O)NO)ccc4C3)ccn2)CC1. The first-order chi connectivity index (χ1) is 15.8. The molecular formula is C25H33N5O3. The van der Waals surface area contributed by atoms with Gasteiger partial charge in [0.2, 0.25) is 0 Å². The molecule has 1 saturated heterocycles. The van der Waals surface area contributed by atoms with E-state index in [0.717, 1.165) is 55.1 Å². The fourth-order valence-electron chi connectivity index (χ4n) is 4.77. The van der Waals surface area contributed by atoms with Crippen LogP contribution in [0, 0.1) is 5.41 Å². The van der Waals surface area contributed by atoms with Crippen LogP contribution in [0.5, 0.6) is 0 Å². The Morgan fingerprint density at radius 3 is 2.64 bits per heavy atom. The molecule has 8 nitrogen and oxygen atoms in total. The largest absolute Gasteiger partial charge is 0.367 e. The van der Waals surface area contributed by atoms with Crippen molar-refractivity contribution >= 4 is 17.4 Å². The molecule has 2 aliphatic heterocycles. The summed E-state index contributed by atoms with van der Waals surface area (Å²) in [5, 5.41) is 8.82. The van der Waals surface area contributed by atoms with Crippen LogP contribution in [0.15, 0.2) is 30.5 Å². The van der Waals surface area contributed by atoms with Crippen LogP contribution in [0.2, 0.25) is 0 Å². The molecule has 0 saturated carbocycles. The number of amides is 1. The van der Waals surface area contributed by atoms with E-state index in [4.69, 9.17) is 5.21 Å². The number of aromatic nitrogens is 2. The second-order valence-corrected chi connectivity index (χ2v) is 9.71. The van der Waals surface area contributed by atoms with Gasteiger partial charge in [0.05, 0.1) is 0 Å². The number of likely N-dealkylation sites (tertiary alicyclic amines) is 1. The maximum absolute atomic E-state index is 13.2. The van der Waals surface area contributed by atoms with E-state index in [1.807, 2.05) is 18.2 Å². The maximum atomic E-state index is 13.2. The van der Waals surface area contributed by atoms with E-state index in [1.165, 1.54) is 0 Å². The van der Waals surface area contributed by atoms with E-state index < -0.39 is 5.91 Å². The predicted octanol–water partition coefficient (Wildman–Crippen LogP) is 2.78. The summed E-state index contributed by atoms with van der Waals surface area (Å²) in [6, 6.07) is 8.02. The lowest BCUT2D eigenvalue weighted by atomic mass is 9.75. The lowest BCUT2D eigenvalue weighted by molar-refractivity contribution is -0.130. The summed E-state index contributed by atoms with van der Waals surface area (Å²) < 4.78 is 0. The summed E-state index contributed by atoms with van der Waals surface area (Å²) in [7, 11) is 0. The molecule has 4 heterocycles. The quantitative estimate of drug-likeness (QED) is 0.515. The van der Waals surface area contributed by atoms with Crippen molar-refractivity contribution in [1.29, 1.82) is 0 Å². The fourth-order valence-corrected chi connectivity index (χ4v) is 4.77. The fraction of sp³-hybridized carbons (Fsp3) is 0.520. The zero-order chi connectivity index (χ0) is 23.6. The number of carbonyl (C=O) groups is 2. The minimum Gasteiger partial charge on any atom is -0.367 e. The minimum absolute atomic E-state index is 0.210. The van der Waals surface area contributed by atoms with E-state index >= 15 is 0 Å². The highest BCUT2D eigenvalue weighted by Gasteiger charge is 2.37. The normalized spacial score (nSPS) is 18.2. The maximum Gasteiger partial charge on any atom is 0.293 e. The molecule has 2 N–H and O–H groups in total. The number of hydrogen-bond donors (Lipinski definition) is 2. The Balaban J connectivity index is 1.42. The van der Waals surface area contributed by atoms with E-state index in [-0.39, 0.29) is 16.9 Å². The molecule has 1 fully saturated rings. The van der Waals surface area contributed by atoms with Gasteiger partial charge in [-0.1, -0.05) is 13.0 Å².